The van der Waals surface area contributed by atoms with Crippen LogP contribution < -0.4 is 24.8 Å². The smallest absolute Gasteiger partial charge is 0.240 e. The van der Waals surface area contributed by atoms with Crippen LogP contribution in [0, 0.1) is 5.41 Å². The molecule has 0 aromatic heterocycles. The Balaban J connectivity index is 1.48. The highest BCUT2D eigenvalue weighted by Crippen LogP contribution is 2.47. The van der Waals surface area contributed by atoms with Crippen LogP contribution in [-0.4, -0.2) is 39.2 Å². The monoisotopic (exact) mass is 384 g/mol. The van der Waals surface area contributed by atoms with Gasteiger partial charge in [-0.05, 0) is 49.2 Å². The third-order valence-corrected chi connectivity index (χ3v) is 4.69. The molecule has 0 spiro atoms. The fraction of sp³-hybridized carbons (Fsp3) is 0.333. The highest BCUT2D eigenvalue weighted by molar-refractivity contribution is 6.13. The van der Waals surface area contributed by atoms with Crippen LogP contribution in [0.15, 0.2) is 48.5 Å². The Morgan fingerprint density at radius 1 is 0.929 bits per heavy atom. The van der Waals surface area contributed by atoms with Gasteiger partial charge in [0.25, 0.3) is 0 Å². The average Bonchev–Trinajstić information content (AvgIpc) is 3.54. The van der Waals surface area contributed by atoms with E-state index in [1.54, 1.807) is 49.6 Å². The molecule has 7 nitrogen and oxygen atoms in total. The van der Waals surface area contributed by atoms with E-state index in [0.717, 1.165) is 5.75 Å². The van der Waals surface area contributed by atoms with Gasteiger partial charge >= 0.3 is 0 Å². The first kappa shape index (κ1) is 19.5. The number of nitrogens with one attached hydrogen (secondary N) is 2. The number of para-hydroxylation sites is 2. The summed E-state index contributed by atoms with van der Waals surface area (Å²) in [4.78, 5) is 25.2. The Hall–Kier alpha value is -3.22. The van der Waals surface area contributed by atoms with Crippen LogP contribution >= 0.6 is 0 Å². The predicted molar refractivity (Wildman–Crippen MR) is 105 cm³/mol. The average molecular weight is 384 g/mol. The minimum atomic E-state index is -1.01. The van der Waals surface area contributed by atoms with Gasteiger partial charge in [-0.2, -0.15) is 0 Å². The van der Waals surface area contributed by atoms with Crippen molar-refractivity contribution in [2.45, 2.75) is 12.8 Å². The fourth-order valence-electron chi connectivity index (χ4n) is 2.85. The molecule has 1 aliphatic rings. The van der Waals surface area contributed by atoms with Gasteiger partial charge in [0.15, 0.2) is 0 Å². The molecule has 148 valence electrons. The van der Waals surface area contributed by atoms with Gasteiger partial charge in [-0.3, -0.25) is 9.59 Å². The number of ether oxygens (including phenoxy) is 3. The van der Waals surface area contributed by atoms with Crippen molar-refractivity contribution >= 4 is 17.5 Å². The Kier molecular flexibility index (Phi) is 6.03. The van der Waals surface area contributed by atoms with E-state index in [9.17, 15) is 9.59 Å². The molecule has 0 atom stereocenters. The number of anilines is 1. The third kappa shape index (κ3) is 4.36. The van der Waals surface area contributed by atoms with E-state index in [2.05, 4.69) is 10.6 Å². The van der Waals surface area contributed by atoms with E-state index >= 15 is 0 Å². The maximum absolute atomic E-state index is 12.7. The topological polar surface area (TPSA) is 85.9 Å². The van der Waals surface area contributed by atoms with Crippen LogP contribution in [0.2, 0.25) is 0 Å². The number of benzene rings is 2. The van der Waals surface area contributed by atoms with Gasteiger partial charge in [0.05, 0.1) is 26.5 Å². The predicted octanol–water partition coefficient (Wildman–Crippen LogP) is 2.62. The number of hydrogen-bond acceptors (Lipinski definition) is 5. The van der Waals surface area contributed by atoms with Crippen molar-refractivity contribution in [3.63, 3.8) is 0 Å². The van der Waals surface area contributed by atoms with Crippen molar-refractivity contribution in [2.75, 3.05) is 32.7 Å². The maximum Gasteiger partial charge on any atom is 0.240 e. The van der Waals surface area contributed by atoms with Gasteiger partial charge in [-0.25, -0.2) is 0 Å². The summed E-state index contributed by atoms with van der Waals surface area (Å²) in [5, 5.41) is 5.60. The lowest BCUT2D eigenvalue weighted by Crippen LogP contribution is -2.41. The van der Waals surface area contributed by atoms with E-state index in [-0.39, 0.29) is 11.8 Å². The van der Waals surface area contributed by atoms with Crippen molar-refractivity contribution < 1.29 is 23.8 Å². The summed E-state index contributed by atoms with van der Waals surface area (Å²) in [7, 11) is 3.14. The van der Waals surface area contributed by atoms with Crippen LogP contribution in [0.4, 0.5) is 5.69 Å². The number of carbonyl (C=O) groups is 2. The Morgan fingerprint density at radius 3 is 2.25 bits per heavy atom. The zero-order valence-corrected chi connectivity index (χ0v) is 16.0. The second-order valence-corrected chi connectivity index (χ2v) is 6.52. The van der Waals surface area contributed by atoms with Crippen molar-refractivity contribution in [3.8, 4) is 17.2 Å². The lowest BCUT2D eigenvalue weighted by atomic mass is 10.0. The van der Waals surface area contributed by atoms with Crippen LogP contribution in [0.5, 0.6) is 17.2 Å². The fourth-order valence-corrected chi connectivity index (χ4v) is 2.85. The molecule has 28 heavy (non-hydrogen) atoms. The SMILES string of the molecule is COc1ccc(OCCNC(=O)C2(C(=O)Nc3ccccc3OC)CC2)cc1. The molecule has 0 bridgehead atoms. The molecule has 0 aliphatic heterocycles. The molecule has 1 saturated carbocycles. The molecule has 2 N–H and O–H groups in total. The van der Waals surface area contributed by atoms with Crippen LogP contribution in [0.1, 0.15) is 12.8 Å². The molecule has 1 fully saturated rings. The molecule has 1 aliphatic carbocycles. The van der Waals surface area contributed by atoms with Gasteiger partial charge in [0.2, 0.25) is 11.8 Å². The summed E-state index contributed by atoms with van der Waals surface area (Å²) in [6, 6.07) is 14.3. The summed E-state index contributed by atoms with van der Waals surface area (Å²) in [5.41, 5.74) is -0.460. The highest BCUT2D eigenvalue weighted by atomic mass is 16.5. The van der Waals surface area contributed by atoms with Crippen LogP contribution in [0.25, 0.3) is 0 Å². The van der Waals surface area contributed by atoms with Gasteiger partial charge in [-0.1, -0.05) is 12.1 Å². The first-order valence-electron chi connectivity index (χ1n) is 9.09. The zero-order valence-electron chi connectivity index (χ0n) is 16.0. The number of hydrogen-bond donors (Lipinski definition) is 2. The molecule has 3 rings (SSSR count). The van der Waals surface area contributed by atoms with Crippen molar-refractivity contribution in [3.05, 3.63) is 48.5 Å². The maximum atomic E-state index is 12.7. The van der Waals surface area contributed by atoms with Gasteiger partial charge in [0.1, 0.15) is 29.3 Å². The molecule has 7 heteroatoms. The van der Waals surface area contributed by atoms with Crippen molar-refractivity contribution in [1.82, 2.24) is 5.32 Å². The minimum absolute atomic E-state index is 0.279. The van der Waals surface area contributed by atoms with Gasteiger partial charge < -0.3 is 24.8 Å². The number of rotatable bonds is 9. The summed E-state index contributed by atoms with van der Waals surface area (Å²) >= 11 is 0. The summed E-state index contributed by atoms with van der Waals surface area (Å²) in [5.74, 6) is 1.39. The third-order valence-electron chi connectivity index (χ3n) is 4.69. The lowest BCUT2D eigenvalue weighted by Gasteiger charge is -2.17. The molecular formula is C21H24N2O5. The first-order valence-corrected chi connectivity index (χ1v) is 9.09. The second-order valence-electron chi connectivity index (χ2n) is 6.52. The highest BCUT2D eigenvalue weighted by Gasteiger charge is 2.56. The van der Waals surface area contributed by atoms with E-state index in [0.29, 0.717) is 43.2 Å². The molecule has 0 unspecified atom stereocenters. The number of methoxy groups -OCH3 is 2. The van der Waals surface area contributed by atoms with Crippen LogP contribution in [-0.2, 0) is 9.59 Å². The molecule has 2 aromatic rings. The lowest BCUT2D eigenvalue weighted by molar-refractivity contribution is -0.134. The molecule has 0 heterocycles. The van der Waals surface area contributed by atoms with Crippen molar-refractivity contribution in [2.24, 2.45) is 5.41 Å². The Bertz CT molecular complexity index is 831. The number of amides is 2. The van der Waals surface area contributed by atoms with E-state index in [1.165, 1.54) is 7.11 Å². The standard InChI is InChI=1S/C21H24N2O5/c1-26-15-7-9-16(10-8-15)28-14-13-22-19(24)21(11-12-21)20(25)23-17-5-3-4-6-18(17)27-2/h3-10H,11-14H2,1-2H3,(H,22,24)(H,23,25). The molecule has 0 radical (unpaired) electrons. The second kappa shape index (κ2) is 8.65. The summed E-state index contributed by atoms with van der Waals surface area (Å²) in [6.07, 6.45) is 1.05. The van der Waals surface area contributed by atoms with Gasteiger partial charge in [-0.15, -0.1) is 0 Å². The van der Waals surface area contributed by atoms with Crippen LogP contribution in [0.3, 0.4) is 0 Å². The normalized spacial score (nSPS) is 13.9. The van der Waals surface area contributed by atoms with Crippen molar-refractivity contribution in [1.29, 1.82) is 0 Å². The number of carbonyl (C=O) groups excluding carboxylic acids is 2. The van der Waals surface area contributed by atoms with E-state index in [1.807, 2.05) is 6.07 Å². The molecular weight excluding hydrogens is 360 g/mol. The first-order chi connectivity index (χ1) is 13.6. The summed E-state index contributed by atoms with van der Waals surface area (Å²) in [6.45, 7) is 0.622. The molecule has 2 aromatic carbocycles. The van der Waals surface area contributed by atoms with E-state index in [4.69, 9.17) is 14.2 Å². The quantitative estimate of drug-likeness (QED) is 0.513. The van der Waals surface area contributed by atoms with Gasteiger partial charge in [0, 0.05) is 0 Å². The molecule has 2 amide bonds. The Morgan fingerprint density at radius 2 is 1.61 bits per heavy atom. The largest absolute Gasteiger partial charge is 0.497 e. The summed E-state index contributed by atoms with van der Waals surface area (Å²) < 4.78 is 15.9. The Labute approximate surface area is 164 Å². The zero-order chi connectivity index (χ0) is 20.0. The molecule has 0 saturated heterocycles. The minimum Gasteiger partial charge on any atom is -0.497 e. The van der Waals surface area contributed by atoms with E-state index < -0.39 is 5.41 Å².